The highest BCUT2D eigenvalue weighted by Crippen LogP contribution is 2.56. The number of aryl methyl sites for hydroxylation is 3. The summed E-state index contributed by atoms with van der Waals surface area (Å²) in [7, 11) is -0.866. The number of hydrogen-bond acceptors (Lipinski definition) is 2. The average molecular weight is 421 g/mol. The smallest absolute Gasteiger partial charge is 0.0633 e. The van der Waals surface area contributed by atoms with E-state index in [-0.39, 0.29) is 0 Å². The molecule has 2 heterocycles. The van der Waals surface area contributed by atoms with Gasteiger partial charge in [-0.25, -0.2) is 0 Å². The van der Waals surface area contributed by atoms with Crippen molar-refractivity contribution in [3.8, 4) is 0 Å². The van der Waals surface area contributed by atoms with E-state index >= 15 is 0 Å². The SMILES string of the molecule is CC1=Cc2c(C)ccc(C)c2C1C1=C(C)SC2C1=c1cc(C)sc1=C2[SiH](C)C. The van der Waals surface area contributed by atoms with Gasteiger partial charge in [0.05, 0.1) is 14.0 Å². The van der Waals surface area contributed by atoms with Crippen LogP contribution in [0.3, 0.4) is 0 Å². The predicted molar refractivity (Wildman–Crippen MR) is 130 cm³/mol. The monoisotopic (exact) mass is 420 g/mol. The van der Waals surface area contributed by atoms with Crippen molar-refractivity contribution in [1.29, 1.82) is 0 Å². The second-order valence-corrected chi connectivity index (χ2v) is 14.4. The van der Waals surface area contributed by atoms with Crippen LogP contribution in [-0.2, 0) is 0 Å². The molecule has 0 nitrogen and oxygen atoms in total. The van der Waals surface area contributed by atoms with Crippen LogP contribution in [0.2, 0.25) is 13.1 Å². The molecule has 0 saturated heterocycles. The summed E-state index contributed by atoms with van der Waals surface area (Å²) < 4.78 is 1.62. The minimum Gasteiger partial charge on any atom is -0.141 e. The molecule has 0 N–H and O–H groups in total. The predicted octanol–water partition coefficient (Wildman–Crippen LogP) is 5.60. The summed E-state index contributed by atoms with van der Waals surface area (Å²) in [6.07, 6.45) is 2.46. The fourth-order valence-electron chi connectivity index (χ4n) is 5.45. The van der Waals surface area contributed by atoms with E-state index in [9.17, 15) is 0 Å². The zero-order chi connectivity index (χ0) is 19.9. The summed E-state index contributed by atoms with van der Waals surface area (Å²) in [6, 6.07) is 7.08. The van der Waals surface area contributed by atoms with Gasteiger partial charge in [-0.1, -0.05) is 36.9 Å². The average Bonchev–Trinajstić information content (AvgIpc) is 3.30. The third kappa shape index (κ3) is 2.42. The van der Waals surface area contributed by atoms with Gasteiger partial charge in [0, 0.05) is 15.3 Å². The van der Waals surface area contributed by atoms with E-state index < -0.39 is 8.80 Å². The fraction of sp³-hybridized carbons (Fsp3) is 0.360. The number of thiophene rings is 1. The minimum atomic E-state index is -0.866. The molecular formula is C25H28S2Si. The maximum Gasteiger partial charge on any atom is 0.0633 e. The fourth-order valence-corrected chi connectivity index (χ4v) is 11.2. The Hall–Kier alpha value is -1.29. The van der Waals surface area contributed by atoms with Gasteiger partial charge in [0.2, 0.25) is 0 Å². The van der Waals surface area contributed by atoms with Crippen LogP contribution in [0.25, 0.3) is 16.8 Å². The molecule has 0 saturated carbocycles. The highest BCUT2D eigenvalue weighted by molar-refractivity contribution is 8.05. The second-order valence-electron chi connectivity index (χ2n) is 8.94. The Morgan fingerprint density at radius 3 is 2.36 bits per heavy atom. The van der Waals surface area contributed by atoms with Gasteiger partial charge in [-0.05, 0) is 89.4 Å². The lowest BCUT2D eigenvalue weighted by molar-refractivity contribution is 0.958. The van der Waals surface area contributed by atoms with Gasteiger partial charge >= 0.3 is 0 Å². The maximum absolute atomic E-state index is 2.51. The maximum atomic E-state index is 2.51. The molecule has 5 rings (SSSR count). The van der Waals surface area contributed by atoms with Crippen molar-refractivity contribution in [2.24, 2.45) is 0 Å². The molecule has 0 radical (unpaired) electrons. The summed E-state index contributed by atoms with van der Waals surface area (Å²) >= 11 is 4.18. The molecule has 3 heteroatoms. The Bertz CT molecular complexity index is 1220. The number of thioether (sulfide) groups is 1. The molecule has 1 aromatic carbocycles. The van der Waals surface area contributed by atoms with Crippen molar-refractivity contribution in [3.05, 3.63) is 71.1 Å². The van der Waals surface area contributed by atoms with E-state index in [4.69, 9.17) is 0 Å². The van der Waals surface area contributed by atoms with Crippen molar-refractivity contribution >= 4 is 48.7 Å². The number of allylic oxidation sites excluding steroid dienone is 3. The van der Waals surface area contributed by atoms with E-state index in [0.717, 1.165) is 0 Å². The van der Waals surface area contributed by atoms with Gasteiger partial charge in [-0.2, -0.15) is 0 Å². The molecule has 1 aliphatic heterocycles. The van der Waals surface area contributed by atoms with Crippen LogP contribution in [0.5, 0.6) is 0 Å². The van der Waals surface area contributed by atoms with Gasteiger partial charge in [-0.3, -0.25) is 0 Å². The summed E-state index contributed by atoms with van der Waals surface area (Å²) in [6.45, 7) is 16.6. The lowest BCUT2D eigenvalue weighted by Gasteiger charge is -2.22. The summed E-state index contributed by atoms with van der Waals surface area (Å²) in [5.74, 6) is 0.434. The number of hydrogen-bond donors (Lipinski definition) is 0. The summed E-state index contributed by atoms with van der Waals surface area (Å²) in [5, 5.41) is 3.95. The van der Waals surface area contributed by atoms with Gasteiger partial charge in [0.15, 0.2) is 0 Å². The van der Waals surface area contributed by atoms with Crippen molar-refractivity contribution in [1.82, 2.24) is 0 Å². The van der Waals surface area contributed by atoms with Crippen molar-refractivity contribution in [3.63, 3.8) is 0 Å². The van der Waals surface area contributed by atoms with E-state index in [0.29, 0.717) is 11.2 Å². The Labute approximate surface area is 178 Å². The molecule has 1 aromatic heterocycles. The number of rotatable bonds is 2. The quantitative estimate of drug-likeness (QED) is 0.570. The van der Waals surface area contributed by atoms with Crippen molar-refractivity contribution in [2.75, 3.05) is 0 Å². The molecule has 0 amide bonds. The largest absolute Gasteiger partial charge is 0.141 e. The van der Waals surface area contributed by atoms with Gasteiger partial charge in [0.25, 0.3) is 0 Å². The highest BCUT2D eigenvalue weighted by Gasteiger charge is 2.42. The van der Waals surface area contributed by atoms with Crippen LogP contribution in [0.4, 0.5) is 0 Å². The van der Waals surface area contributed by atoms with Gasteiger partial charge in [0.1, 0.15) is 0 Å². The number of fused-ring (bicyclic) bond motifs is 3. The minimum absolute atomic E-state index is 0.434. The molecule has 3 aliphatic rings. The molecular weight excluding hydrogens is 392 g/mol. The normalized spacial score (nSPS) is 22.9. The molecule has 2 aliphatic carbocycles. The summed E-state index contributed by atoms with van der Waals surface area (Å²) in [5.41, 5.74) is 10.7. The third-order valence-corrected chi connectivity index (χ3v) is 11.4. The zero-order valence-corrected chi connectivity index (χ0v) is 20.6. The van der Waals surface area contributed by atoms with Gasteiger partial charge < -0.3 is 0 Å². The van der Waals surface area contributed by atoms with Crippen LogP contribution < -0.4 is 9.75 Å². The Kier molecular flexibility index (Phi) is 4.25. The molecule has 0 bridgehead atoms. The Balaban J connectivity index is 1.79. The standard InChI is InChI=1S/C25H28S2Si/c1-12-8-9-13(2)19-17(12)10-14(3)20(19)21-16(5)27-24-22(21)18-11-15(4)26-23(18)25(24)28(6)7/h8-11,20,24,28H,1-7H3. The molecule has 0 spiro atoms. The topological polar surface area (TPSA) is 0 Å². The zero-order valence-electron chi connectivity index (χ0n) is 17.9. The molecule has 2 aromatic rings. The van der Waals surface area contributed by atoms with Crippen LogP contribution in [0.15, 0.2) is 34.3 Å². The summed E-state index contributed by atoms with van der Waals surface area (Å²) in [4.78, 5) is 3.01. The Morgan fingerprint density at radius 2 is 1.64 bits per heavy atom. The van der Waals surface area contributed by atoms with Crippen LogP contribution in [0, 0.1) is 20.8 Å². The van der Waals surface area contributed by atoms with E-state index in [1.807, 2.05) is 11.3 Å². The van der Waals surface area contributed by atoms with E-state index in [2.05, 4.69) is 83.7 Å². The first-order chi connectivity index (χ1) is 13.3. The first-order valence-corrected chi connectivity index (χ1v) is 14.9. The molecule has 28 heavy (non-hydrogen) atoms. The van der Waals surface area contributed by atoms with Crippen LogP contribution in [0.1, 0.15) is 46.9 Å². The van der Waals surface area contributed by atoms with E-state index in [1.54, 1.807) is 36.6 Å². The van der Waals surface area contributed by atoms with Crippen LogP contribution >= 0.6 is 23.1 Å². The first-order valence-electron chi connectivity index (χ1n) is 10.3. The van der Waals surface area contributed by atoms with Crippen molar-refractivity contribution in [2.45, 2.75) is 58.9 Å². The molecule has 144 valence electrons. The lowest BCUT2D eigenvalue weighted by Crippen LogP contribution is -2.22. The van der Waals surface area contributed by atoms with E-state index in [1.165, 1.54) is 27.1 Å². The Morgan fingerprint density at radius 1 is 0.929 bits per heavy atom. The van der Waals surface area contributed by atoms with Crippen LogP contribution in [-0.4, -0.2) is 14.0 Å². The van der Waals surface area contributed by atoms with Crippen molar-refractivity contribution < 1.29 is 0 Å². The second kappa shape index (κ2) is 6.35. The third-order valence-electron chi connectivity index (χ3n) is 6.67. The first kappa shape index (κ1) is 18.7. The van der Waals surface area contributed by atoms with Gasteiger partial charge in [-0.15, -0.1) is 23.1 Å². The molecule has 2 unspecified atom stereocenters. The lowest BCUT2D eigenvalue weighted by atomic mass is 9.81. The molecule has 0 fully saturated rings. The highest BCUT2D eigenvalue weighted by atomic mass is 32.2. The number of benzene rings is 1. The molecule has 2 atom stereocenters.